The lowest BCUT2D eigenvalue weighted by atomic mass is 9.52. The molecular weight excluding hydrogens is 528 g/mol. The molecule has 4 aliphatic carbocycles. The third kappa shape index (κ3) is 4.77. The Morgan fingerprint density at radius 2 is 2.05 bits per heavy atom. The van der Waals surface area contributed by atoms with Crippen LogP contribution in [0.1, 0.15) is 97.7 Å². The van der Waals surface area contributed by atoms with Crippen LogP contribution in [0.15, 0.2) is 11.1 Å². The van der Waals surface area contributed by atoms with Crippen LogP contribution in [-0.2, 0) is 20.7 Å². The van der Waals surface area contributed by atoms with E-state index < -0.39 is 0 Å². The Morgan fingerprint density at radius 3 is 2.86 bits per heavy atom. The van der Waals surface area contributed by atoms with Gasteiger partial charge in [0.25, 0.3) is 0 Å². The first kappa shape index (κ1) is 28.6. The summed E-state index contributed by atoms with van der Waals surface area (Å²) < 4.78 is 7.25. The average Bonchev–Trinajstić information content (AvgIpc) is 3.63. The molecule has 1 aromatic rings. The Hall–Kier alpha value is -2.13. The van der Waals surface area contributed by atoms with Crippen molar-refractivity contribution in [3.8, 4) is 0 Å². The molecular formula is C33H50N6O3. The monoisotopic (exact) mass is 578 g/mol. The van der Waals surface area contributed by atoms with Gasteiger partial charge in [-0.15, -0.1) is 5.10 Å². The minimum Gasteiger partial charge on any atom is -0.369 e. The van der Waals surface area contributed by atoms with E-state index in [1.807, 2.05) is 0 Å². The number of carbonyl (C=O) groups excluding carboxylic acids is 2. The second-order valence-electron chi connectivity index (χ2n) is 15.3. The minimum absolute atomic E-state index is 0.0547. The van der Waals surface area contributed by atoms with Gasteiger partial charge in [0.15, 0.2) is 5.82 Å². The highest BCUT2D eigenvalue weighted by Gasteiger charge is 2.60. The fraction of sp³-hybridized carbons (Fsp3) is 0.848. The van der Waals surface area contributed by atoms with E-state index in [1.54, 1.807) is 11.1 Å². The highest BCUT2D eigenvalue weighted by molar-refractivity contribution is 5.79. The number of aromatic amines is 1. The van der Waals surface area contributed by atoms with Crippen molar-refractivity contribution in [2.45, 2.75) is 116 Å². The van der Waals surface area contributed by atoms with Crippen LogP contribution in [0.25, 0.3) is 0 Å². The molecule has 7 rings (SSSR count). The van der Waals surface area contributed by atoms with Gasteiger partial charge in [-0.1, -0.05) is 31.9 Å². The van der Waals surface area contributed by atoms with Crippen LogP contribution >= 0.6 is 0 Å². The first-order valence-corrected chi connectivity index (χ1v) is 16.8. The molecule has 9 nitrogen and oxygen atoms in total. The van der Waals surface area contributed by atoms with Crippen LogP contribution < -0.4 is 5.32 Å². The van der Waals surface area contributed by atoms with Crippen molar-refractivity contribution in [3.63, 3.8) is 0 Å². The molecule has 1 aromatic heterocycles. The molecule has 3 saturated carbocycles. The number of ether oxygens (including phenoxy) is 1. The van der Waals surface area contributed by atoms with Gasteiger partial charge in [0, 0.05) is 44.4 Å². The Bertz CT molecular complexity index is 1230. The van der Waals surface area contributed by atoms with E-state index in [0.717, 1.165) is 63.5 Å². The molecule has 10 atom stereocenters. The third-order valence-corrected chi connectivity index (χ3v) is 13.1. The fourth-order valence-electron chi connectivity index (χ4n) is 11.0. The van der Waals surface area contributed by atoms with Gasteiger partial charge in [0.1, 0.15) is 5.78 Å². The van der Waals surface area contributed by atoms with E-state index in [0.29, 0.717) is 53.3 Å². The number of hydrogen-bond donors (Lipinski definition) is 2. The third-order valence-electron chi connectivity index (χ3n) is 13.1. The number of rotatable bonds is 5. The lowest BCUT2D eigenvalue weighted by Gasteiger charge is -2.52. The van der Waals surface area contributed by atoms with Crippen molar-refractivity contribution in [2.24, 2.45) is 40.9 Å². The van der Waals surface area contributed by atoms with Gasteiger partial charge in [0.05, 0.1) is 18.1 Å². The predicted octanol–water partition coefficient (Wildman–Crippen LogP) is 4.26. The van der Waals surface area contributed by atoms with Gasteiger partial charge in [-0.2, -0.15) is 0 Å². The number of piperidine rings is 1. The fourth-order valence-corrected chi connectivity index (χ4v) is 11.0. The average molecular weight is 579 g/mol. The zero-order chi connectivity index (χ0) is 29.2. The maximum Gasteiger partial charge on any atom is 0.227 e. The van der Waals surface area contributed by atoms with Gasteiger partial charge < -0.3 is 10.1 Å². The Labute approximate surface area is 250 Å². The molecule has 3 unspecified atom stereocenters. The highest BCUT2D eigenvalue weighted by Crippen LogP contribution is 2.65. The number of amides is 1. The summed E-state index contributed by atoms with van der Waals surface area (Å²) in [6.45, 7) is 12.3. The SMILES string of the molecule is CC1=C2CC3[C@@H](CC[C@@H]4CC(=O)CC[C@]34C)C2CC[C@@]2(C1)O[C@@H]1C[C@H](C)CN(CCNC(=O)Cc3nnn[nH]3)C1[C@H]2C. The summed E-state index contributed by atoms with van der Waals surface area (Å²) in [6, 6.07) is 0.397. The Balaban J connectivity index is 1.05. The normalized spacial score (nSPS) is 43.5. The summed E-state index contributed by atoms with van der Waals surface area (Å²) in [7, 11) is 0. The summed E-state index contributed by atoms with van der Waals surface area (Å²) in [4.78, 5) is 27.4. The van der Waals surface area contributed by atoms with Gasteiger partial charge in [0.2, 0.25) is 5.91 Å². The molecule has 42 heavy (non-hydrogen) atoms. The lowest BCUT2D eigenvalue weighted by Crippen LogP contribution is -2.53. The smallest absolute Gasteiger partial charge is 0.227 e. The molecule has 2 N–H and O–H groups in total. The Kier molecular flexibility index (Phi) is 7.36. The second kappa shape index (κ2) is 10.8. The molecule has 0 radical (unpaired) electrons. The van der Waals surface area contributed by atoms with E-state index >= 15 is 0 Å². The number of hydrogen-bond acceptors (Lipinski definition) is 7. The van der Waals surface area contributed by atoms with Crippen LogP contribution in [0.4, 0.5) is 0 Å². The highest BCUT2D eigenvalue weighted by atomic mass is 16.5. The molecule has 2 saturated heterocycles. The summed E-state index contributed by atoms with van der Waals surface area (Å²) in [5, 5.41) is 16.7. The molecule has 0 aromatic carbocycles. The molecule has 1 spiro atoms. The number of tetrazole rings is 1. The van der Waals surface area contributed by atoms with Crippen molar-refractivity contribution in [1.29, 1.82) is 0 Å². The van der Waals surface area contributed by atoms with Gasteiger partial charge in [-0.25, -0.2) is 5.10 Å². The quantitative estimate of drug-likeness (QED) is 0.502. The summed E-state index contributed by atoms with van der Waals surface area (Å²) in [5.74, 6) is 4.81. The van der Waals surface area contributed by atoms with Crippen LogP contribution in [0, 0.1) is 40.9 Å². The lowest BCUT2D eigenvalue weighted by molar-refractivity contribution is -0.130. The molecule has 230 valence electrons. The van der Waals surface area contributed by atoms with Crippen molar-refractivity contribution in [3.05, 3.63) is 17.0 Å². The number of allylic oxidation sites excluding steroid dienone is 1. The number of likely N-dealkylation sites (tertiary alicyclic amines) is 1. The standard InChI is InChI=1S/C33H50N6O3/c1-19-13-28-31(39(18-19)12-11-34-30(41)16-29-35-37-38-36-29)21(3)33(42-28)10-8-24-25-6-5-22-14-23(40)7-9-32(22,4)27(25)15-26(24)20(2)17-33/h19,21-22,24-25,27-28,31H,5-18H2,1-4H3,(H,34,41)(H,35,36,37,38)/t19-,21+,22+,24?,25-,27?,28+,31?,32-,33-/m0/s1. The molecule has 6 aliphatic rings. The van der Waals surface area contributed by atoms with Crippen LogP contribution in [0.5, 0.6) is 0 Å². The first-order valence-electron chi connectivity index (χ1n) is 16.8. The van der Waals surface area contributed by atoms with Crippen molar-refractivity contribution in [2.75, 3.05) is 19.6 Å². The van der Waals surface area contributed by atoms with Crippen LogP contribution in [-0.4, -0.2) is 74.6 Å². The van der Waals surface area contributed by atoms with Crippen LogP contribution in [0.3, 0.4) is 0 Å². The second-order valence-corrected chi connectivity index (χ2v) is 15.3. The zero-order valence-corrected chi connectivity index (χ0v) is 26.0. The number of nitrogens with one attached hydrogen (secondary N) is 2. The van der Waals surface area contributed by atoms with Gasteiger partial charge in [-0.05, 0) is 104 Å². The van der Waals surface area contributed by atoms with E-state index in [2.05, 4.69) is 58.5 Å². The number of ketones is 1. The number of carbonyl (C=O) groups is 2. The van der Waals surface area contributed by atoms with E-state index in [-0.39, 0.29) is 24.0 Å². The first-order chi connectivity index (χ1) is 20.2. The predicted molar refractivity (Wildman–Crippen MR) is 158 cm³/mol. The zero-order valence-electron chi connectivity index (χ0n) is 26.0. The number of H-pyrrole nitrogens is 1. The number of aromatic nitrogens is 4. The summed E-state index contributed by atoms with van der Waals surface area (Å²) in [6.07, 6.45) is 11.6. The molecule has 9 heteroatoms. The van der Waals surface area contributed by atoms with Gasteiger partial charge >= 0.3 is 0 Å². The maximum atomic E-state index is 12.4. The Morgan fingerprint density at radius 1 is 1.19 bits per heavy atom. The molecule has 1 amide bonds. The molecule has 3 heterocycles. The van der Waals surface area contributed by atoms with Crippen molar-refractivity contribution < 1.29 is 14.3 Å². The number of fused-ring (bicyclic) bond motifs is 6. The molecule has 0 bridgehead atoms. The summed E-state index contributed by atoms with van der Waals surface area (Å²) >= 11 is 0. The topological polar surface area (TPSA) is 113 Å². The van der Waals surface area contributed by atoms with Gasteiger partial charge in [-0.3, -0.25) is 14.5 Å². The number of nitrogens with zero attached hydrogens (tertiary/aromatic N) is 4. The molecule has 2 aliphatic heterocycles. The number of Topliss-reactive ketones (excluding diaryl/α,β-unsaturated/α-hetero) is 1. The van der Waals surface area contributed by atoms with Crippen LogP contribution in [0.2, 0.25) is 0 Å². The summed E-state index contributed by atoms with van der Waals surface area (Å²) in [5.41, 5.74) is 3.63. The van der Waals surface area contributed by atoms with E-state index in [1.165, 1.54) is 25.7 Å². The largest absolute Gasteiger partial charge is 0.369 e. The molecule has 5 fully saturated rings. The van der Waals surface area contributed by atoms with E-state index in [4.69, 9.17) is 4.74 Å². The van der Waals surface area contributed by atoms with Crippen molar-refractivity contribution >= 4 is 11.7 Å². The maximum absolute atomic E-state index is 12.4. The van der Waals surface area contributed by atoms with E-state index in [9.17, 15) is 9.59 Å². The minimum atomic E-state index is -0.0878. The van der Waals surface area contributed by atoms with Crippen molar-refractivity contribution in [1.82, 2.24) is 30.8 Å².